The van der Waals surface area contributed by atoms with E-state index in [-0.39, 0.29) is 24.2 Å². The standard InChI is InChI=1S/C29H31NO5S/c1-21-10-16-25(17-11-21)36(34,35)29(18-6-3-7-19-29)28(33)30-26(27(31)32)20-22-12-14-24(15-13-22)23-8-4-2-5-9-23/h2,4-5,8-17,26H,3,6-7,18-20H2,1H3,(H,30,33)(H,31,32)/t26-/m0/s1. The van der Waals surface area contributed by atoms with Gasteiger partial charge < -0.3 is 10.4 Å². The van der Waals surface area contributed by atoms with E-state index < -0.39 is 32.5 Å². The molecule has 1 atom stereocenters. The number of carbonyl (C=O) groups excluding carboxylic acids is 1. The van der Waals surface area contributed by atoms with Crippen molar-refractivity contribution < 1.29 is 23.1 Å². The molecule has 3 aromatic carbocycles. The summed E-state index contributed by atoms with van der Waals surface area (Å²) < 4.78 is 25.8. The van der Waals surface area contributed by atoms with E-state index in [1.54, 1.807) is 12.1 Å². The van der Waals surface area contributed by atoms with Gasteiger partial charge in [0.15, 0.2) is 14.6 Å². The number of hydrogen-bond acceptors (Lipinski definition) is 4. The second kappa shape index (κ2) is 10.7. The Morgan fingerprint density at radius 1 is 0.861 bits per heavy atom. The number of carboxylic acid groups (broad SMARTS) is 1. The van der Waals surface area contributed by atoms with E-state index in [4.69, 9.17) is 0 Å². The molecule has 1 amide bonds. The molecule has 0 unspecified atom stereocenters. The van der Waals surface area contributed by atoms with Gasteiger partial charge in [0.1, 0.15) is 6.04 Å². The van der Waals surface area contributed by atoms with Gasteiger partial charge in [-0.3, -0.25) is 4.79 Å². The fraction of sp³-hybridized carbons (Fsp3) is 0.310. The monoisotopic (exact) mass is 505 g/mol. The maximum atomic E-state index is 13.7. The summed E-state index contributed by atoms with van der Waals surface area (Å²) in [6, 6.07) is 22.6. The van der Waals surface area contributed by atoms with Crippen LogP contribution in [0.3, 0.4) is 0 Å². The lowest BCUT2D eigenvalue weighted by atomic mass is 9.87. The first-order valence-electron chi connectivity index (χ1n) is 12.2. The van der Waals surface area contributed by atoms with Crippen LogP contribution in [0.15, 0.2) is 83.8 Å². The van der Waals surface area contributed by atoms with Gasteiger partial charge >= 0.3 is 5.97 Å². The van der Waals surface area contributed by atoms with E-state index in [1.807, 2.05) is 61.5 Å². The highest BCUT2D eigenvalue weighted by atomic mass is 32.2. The molecule has 36 heavy (non-hydrogen) atoms. The summed E-state index contributed by atoms with van der Waals surface area (Å²) in [4.78, 5) is 25.8. The van der Waals surface area contributed by atoms with Crippen LogP contribution in [0, 0.1) is 6.92 Å². The van der Waals surface area contributed by atoms with Gasteiger partial charge in [-0.2, -0.15) is 0 Å². The first kappa shape index (κ1) is 25.6. The van der Waals surface area contributed by atoms with E-state index >= 15 is 0 Å². The molecule has 0 spiro atoms. The van der Waals surface area contributed by atoms with Crippen molar-refractivity contribution in [3.63, 3.8) is 0 Å². The van der Waals surface area contributed by atoms with E-state index in [9.17, 15) is 23.1 Å². The van der Waals surface area contributed by atoms with Gasteiger partial charge in [-0.15, -0.1) is 0 Å². The predicted octanol–water partition coefficient (Wildman–Crippen LogP) is 4.95. The van der Waals surface area contributed by atoms with Crippen molar-refractivity contribution in [1.82, 2.24) is 5.32 Å². The lowest BCUT2D eigenvalue weighted by Crippen LogP contribution is -2.57. The van der Waals surface area contributed by atoms with Crippen LogP contribution in [0.1, 0.15) is 43.2 Å². The van der Waals surface area contributed by atoms with Crippen LogP contribution in [0.2, 0.25) is 0 Å². The van der Waals surface area contributed by atoms with Crippen LogP contribution in [0.25, 0.3) is 11.1 Å². The molecule has 1 fully saturated rings. The molecule has 2 N–H and O–H groups in total. The Bertz CT molecular complexity index is 1310. The molecule has 1 aliphatic carbocycles. The summed E-state index contributed by atoms with van der Waals surface area (Å²) in [6.45, 7) is 1.86. The maximum absolute atomic E-state index is 13.7. The summed E-state index contributed by atoms with van der Waals surface area (Å²) in [5, 5.41) is 12.5. The minimum absolute atomic E-state index is 0.0524. The maximum Gasteiger partial charge on any atom is 0.326 e. The van der Waals surface area contributed by atoms with Crippen LogP contribution < -0.4 is 5.32 Å². The highest BCUT2D eigenvalue weighted by Gasteiger charge is 2.52. The summed E-state index contributed by atoms with van der Waals surface area (Å²) >= 11 is 0. The minimum Gasteiger partial charge on any atom is -0.480 e. The molecule has 0 bridgehead atoms. The lowest BCUT2D eigenvalue weighted by molar-refractivity contribution is -0.142. The number of aryl methyl sites for hydroxylation is 1. The Labute approximate surface area is 212 Å². The van der Waals surface area contributed by atoms with Gasteiger partial charge in [0.05, 0.1) is 4.90 Å². The topological polar surface area (TPSA) is 101 Å². The molecule has 7 heteroatoms. The molecule has 4 rings (SSSR count). The first-order valence-corrected chi connectivity index (χ1v) is 13.7. The van der Waals surface area contributed by atoms with E-state index in [1.165, 1.54) is 12.1 Å². The molecule has 0 saturated heterocycles. The molecule has 1 saturated carbocycles. The molecule has 188 valence electrons. The molecule has 3 aromatic rings. The highest BCUT2D eigenvalue weighted by Crippen LogP contribution is 2.39. The van der Waals surface area contributed by atoms with Gasteiger partial charge in [-0.25, -0.2) is 13.2 Å². The summed E-state index contributed by atoms with van der Waals surface area (Å²) in [7, 11) is -4.03. The quantitative estimate of drug-likeness (QED) is 0.451. The molecular formula is C29H31NO5S. The van der Waals surface area contributed by atoms with Crippen molar-refractivity contribution in [2.45, 2.75) is 61.1 Å². The minimum atomic E-state index is -4.03. The number of carbonyl (C=O) groups is 2. The zero-order valence-electron chi connectivity index (χ0n) is 20.3. The fourth-order valence-electron chi connectivity index (χ4n) is 4.87. The molecule has 0 aromatic heterocycles. The average molecular weight is 506 g/mol. The number of hydrogen-bond donors (Lipinski definition) is 2. The van der Waals surface area contributed by atoms with Gasteiger partial charge in [0.25, 0.3) is 0 Å². The van der Waals surface area contributed by atoms with Crippen molar-refractivity contribution in [2.75, 3.05) is 0 Å². The Hall–Kier alpha value is -3.45. The Kier molecular flexibility index (Phi) is 7.59. The molecule has 1 aliphatic rings. The third-order valence-corrected chi connectivity index (χ3v) is 9.54. The Balaban J connectivity index is 1.57. The van der Waals surface area contributed by atoms with Gasteiger partial charge in [-0.1, -0.05) is 91.6 Å². The number of amides is 1. The SMILES string of the molecule is Cc1ccc(S(=O)(=O)C2(C(=O)N[C@@H](Cc3ccc(-c4ccccc4)cc3)C(=O)O)CCCCC2)cc1. The molecule has 0 aliphatic heterocycles. The van der Waals surface area contributed by atoms with Gasteiger partial charge in [0, 0.05) is 6.42 Å². The van der Waals surface area contributed by atoms with Crippen molar-refractivity contribution >= 4 is 21.7 Å². The van der Waals surface area contributed by atoms with Crippen molar-refractivity contribution in [2.24, 2.45) is 0 Å². The zero-order valence-corrected chi connectivity index (χ0v) is 21.1. The van der Waals surface area contributed by atoms with Crippen LogP contribution >= 0.6 is 0 Å². The first-order chi connectivity index (χ1) is 17.2. The number of nitrogens with one attached hydrogen (secondary N) is 1. The third kappa shape index (κ3) is 5.21. The summed E-state index contributed by atoms with van der Waals surface area (Å²) in [5.41, 5.74) is 3.70. The van der Waals surface area contributed by atoms with Crippen LogP contribution in [0.4, 0.5) is 0 Å². The number of carboxylic acids is 1. The number of benzene rings is 3. The molecule has 0 radical (unpaired) electrons. The van der Waals surface area contributed by atoms with Crippen LogP contribution in [0.5, 0.6) is 0 Å². The number of rotatable bonds is 8. The van der Waals surface area contributed by atoms with Crippen LogP contribution in [-0.2, 0) is 25.8 Å². The second-order valence-electron chi connectivity index (χ2n) is 9.50. The van der Waals surface area contributed by atoms with Gasteiger partial charge in [-0.05, 0) is 48.6 Å². The third-order valence-electron chi connectivity index (χ3n) is 7.03. The molecule has 0 heterocycles. The Morgan fingerprint density at radius 2 is 1.44 bits per heavy atom. The van der Waals surface area contributed by atoms with Crippen LogP contribution in [-0.4, -0.2) is 36.2 Å². The van der Waals surface area contributed by atoms with Crippen molar-refractivity contribution in [3.05, 3.63) is 90.0 Å². The number of aliphatic carboxylic acids is 1. The summed E-state index contributed by atoms with van der Waals surface area (Å²) in [6.07, 6.45) is 2.43. The van der Waals surface area contributed by atoms with Crippen molar-refractivity contribution in [3.8, 4) is 11.1 Å². The highest BCUT2D eigenvalue weighted by molar-refractivity contribution is 7.93. The smallest absolute Gasteiger partial charge is 0.326 e. The lowest BCUT2D eigenvalue weighted by Gasteiger charge is -2.36. The van der Waals surface area contributed by atoms with E-state index in [2.05, 4.69) is 5.32 Å². The molecular weight excluding hydrogens is 474 g/mol. The Morgan fingerprint density at radius 3 is 2.03 bits per heavy atom. The normalized spacial score (nSPS) is 16.1. The van der Waals surface area contributed by atoms with Gasteiger partial charge in [0.2, 0.25) is 5.91 Å². The van der Waals surface area contributed by atoms with E-state index in [0.29, 0.717) is 12.8 Å². The second-order valence-corrected chi connectivity index (χ2v) is 11.8. The largest absolute Gasteiger partial charge is 0.480 e. The van der Waals surface area contributed by atoms with E-state index in [0.717, 1.165) is 28.7 Å². The number of sulfone groups is 1. The molecule has 6 nitrogen and oxygen atoms in total. The summed E-state index contributed by atoms with van der Waals surface area (Å²) in [5.74, 6) is -1.93. The fourth-order valence-corrected chi connectivity index (χ4v) is 6.95. The average Bonchev–Trinajstić information content (AvgIpc) is 2.89. The van der Waals surface area contributed by atoms with Crippen molar-refractivity contribution in [1.29, 1.82) is 0 Å². The predicted molar refractivity (Wildman–Crippen MR) is 139 cm³/mol. The zero-order chi connectivity index (χ0) is 25.8.